The van der Waals surface area contributed by atoms with Gasteiger partial charge in [0.25, 0.3) is 0 Å². The smallest absolute Gasteiger partial charge is 0.326 e. The number of oxazole rings is 1. The molecule has 0 saturated carbocycles. The number of amides is 1. The molecule has 2 atom stereocenters. The number of benzene rings is 1. The van der Waals surface area contributed by atoms with Gasteiger partial charge in [0.05, 0.1) is 6.20 Å². The Kier molecular flexibility index (Phi) is 6.74. The Morgan fingerprint density at radius 3 is 2.64 bits per heavy atom. The Hall–Kier alpha value is -2.63. The zero-order valence-electron chi connectivity index (χ0n) is 14.6. The molecule has 25 heavy (non-hydrogen) atoms. The van der Waals surface area contributed by atoms with E-state index in [9.17, 15) is 14.7 Å². The van der Waals surface area contributed by atoms with Gasteiger partial charge >= 0.3 is 5.97 Å². The summed E-state index contributed by atoms with van der Waals surface area (Å²) in [5, 5.41) is 11.8. The summed E-state index contributed by atoms with van der Waals surface area (Å²) in [6, 6.07) is 8.83. The average molecular weight is 344 g/mol. The first-order chi connectivity index (χ1) is 12.0. The van der Waals surface area contributed by atoms with Crippen molar-refractivity contribution in [2.75, 3.05) is 0 Å². The molecule has 2 aromatic rings. The molecule has 1 amide bonds. The molecule has 2 unspecified atom stereocenters. The number of aryl methyl sites for hydroxylation is 1. The molecule has 0 saturated heterocycles. The Morgan fingerprint density at radius 2 is 2.00 bits per heavy atom. The highest BCUT2D eigenvalue weighted by Gasteiger charge is 2.24. The van der Waals surface area contributed by atoms with E-state index in [4.69, 9.17) is 4.42 Å². The molecule has 2 rings (SSSR count). The standard InChI is InChI=1S/C19H24N2O4/c1-3-13(2)18(19(23)24)21-16(22)10-7-11-17-20-12-15(25-17)14-8-5-4-6-9-14/h4-6,8-9,12-13,18H,3,7,10-11H2,1-2H3,(H,21,22)(H,23,24). The maximum absolute atomic E-state index is 12.0. The lowest BCUT2D eigenvalue weighted by atomic mass is 9.99. The molecule has 0 aliphatic carbocycles. The number of hydrogen-bond donors (Lipinski definition) is 2. The van der Waals surface area contributed by atoms with Crippen molar-refractivity contribution in [3.8, 4) is 11.3 Å². The molecule has 1 heterocycles. The fourth-order valence-electron chi connectivity index (χ4n) is 2.49. The maximum atomic E-state index is 12.0. The van der Waals surface area contributed by atoms with Gasteiger partial charge in [-0.15, -0.1) is 0 Å². The van der Waals surface area contributed by atoms with Crippen molar-refractivity contribution in [2.24, 2.45) is 5.92 Å². The average Bonchev–Trinajstić information content (AvgIpc) is 3.08. The van der Waals surface area contributed by atoms with Crippen LogP contribution in [0.3, 0.4) is 0 Å². The number of nitrogens with zero attached hydrogens (tertiary/aromatic N) is 1. The number of hydrogen-bond acceptors (Lipinski definition) is 4. The maximum Gasteiger partial charge on any atom is 0.326 e. The first-order valence-corrected chi connectivity index (χ1v) is 8.53. The highest BCUT2D eigenvalue weighted by atomic mass is 16.4. The molecular formula is C19H24N2O4. The fraction of sp³-hybridized carbons (Fsp3) is 0.421. The van der Waals surface area contributed by atoms with Crippen LogP contribution in [0, 0.1) is 5.92 Å². The SMILES string of the molecule is CCC(C)C(NC(=O)CCCc1ncc(-c2ccccc2)o1)C(=O)O. The van der Waals surface area contributed by atoms with Crippen LogP contribution in [0.5, 0.6) is 0 Å². The van der Waals surface area contributed by atoms with Crippen molar-refractivity contribution in [1.29, 1.82) is 0 Å². The van der Waals surface area contributed by atoms with E-state index in [1.165, 1.54) is 0 Å². The molecule has 6 nitrogen and oxygen atoms in total. The van der Waals surface area contributed by atoms with Gasteiger partial charge in [0.1, 0.15) is 6.04 Å². The monoisotopic (exact) mass is 344 g/mol. The van der Waals surface area contributed by atoms with Crippen molar-refractivity contribution >= 4 is 11.9 Å². The summed E-state index contributed by atoms with van der Waals surface area (Å²) >= 11 is 0. The second kappa shape index (κ2) is 9.01. The molecule has 0 fully saturated rings. The van der Waals surface area contributed by atoms with Crippen LogP contribution < -0.4 is 5.32 Å². The number of carboxylic acid groups (broad SMARTS) is 1. The molecule has 1 aromatic heterocycles. The number of rotatable bonds is 9. The van der Waals surface area contributed by atoms with E-state index in [0.29, 0.717) is 30.9 Å². The summed E-state index contributed by atoms with van der Waals surface area (Å²) in [4.78, 5) is 27.4. The predicted octanol–water partition coefficient (Wildman–Crippen LogP) is 3.28. The number of carbonyl (C=O) groups excluding carboxylic acids is 1. The van der Waals surface area contributed by atoms with Crippen LogP contribution >= 0.6 is 0 Å². The summed E-state index contributed by atoms with van der Waals surface area (Å²) in [5.41, 5.74) is 0.955. The third-order valence-electron chi connectivity index (χ3n) is 4.20. The zero-order chi connectivity index (χ0) is 18.2. The quantitative estimate of drug-likeness (QED) is 0.728. The number of aliphatic carboxylic acids is 1. The zero-order valence-corrected chi connectivity index (χ0v) is 14.6. The molecule has 2 N–H and O–H groups in total. The van der Waals surface area contributed by atoms with E-state index < -0.39 is 12.0 Å². The summed E-state index contributed by atoms with van der Waals surface area (Å²) in [7, 11) is 0. The lowest BCUT2D eigenvalue weighted by molar-refractivity contribution is -0.143. The molecule has 0 radical (unpaired) electrons. The second-order valence-corrected chi connectivity index (χ2v) is 6.11. The van der Waals surface area contributed by atoms with Gasteiger partial charge in [0, 0.05) is 18.4 Å². The number of carbonyl (C=O) groups is 2. The van der Waals surface area contributed by atoms with Gasteiger partial charge in [-0.25, -0.2) is 9.78 Å². The summed E-state index contributed by atoms with van der Waals surface area (Å²) in [6.07, 6.45) is 3.68. The third-order valence-corrected chi connectivity index (χ3v) is 4.20. The van der Waals surface area contributed by atoms with Crippen molar-refractivity contribution in [1.82, 2.24) is 10.3 Å². The van der Waals surface area contributed by atoms with Crippen molar-refractivity contribution in [3.63, 3.8) is 0 Å². The minimum atomic E-state index is -0.997. The molecular weight excluding hydrogens is 320 g/mol. The summed E-state index contributed by atoms with van der Waals surface area (Å²) in [6.45, 7) is 3.72. The second-order valence-electron chi connectivity index (χ2n) is 6.11. The Bertz CT molecular complexity index is 696. The van der Waals surface area contributed by atoms with Crippen LogP contribution in [0.4, 0.5) is 0 Å². The van der Waals surface area contributed by atoms with Crippen LogP contribution in [0.15, 0.2) is 40.9 Å². The molecule has 6 heteroatoms. The van der Waals surface area contributed by atoms with E-state index in [0.717, 1.165) is 5.56 Å². The van der Waals surface area contributed by atoms with Gasteiger partial charge in [0.15, 0.2) is 11.7 Å². The number of carboxylic acids is 1. The molecule has 0 aliphatic heterocycles. The Balaban J connectivity index is 1.81. The first-order valence-electron chi connectivity index (χ1n) is 8.53. The van der Waals surface area contributed by atoms with Crippen LogP contribution in [0.2, 0.25) is 0 Å². The fourth-order valence-corrected chi connectivity index (χ4v) is 2.49. The summed E-state index contributed by atoms with van der Waals surface area (Å²) in [5.74, 6) is -0.0989. The van der Waals surface area contributed by atoms with E-state index in [1.54, 1.807) is 6.20 Å². The van der Waals surface area contributed by atoms with Gasteiger partial charge in [-0.1, -0.05) is 50.6 Å². The number of aromatic nitrogens is 1. The van der Waals surface area contributed by atoms with Crippen LogP contribution in [0.25, 0.3) is 11.3 Å². The van der Waals surface area contributed by atoms with Crippen LogP contribution in [-0.4, -0.2) is 28.0 Å². The van der Waals surface area contributed by atoms with Crippen molar-refractivity contribution in [2.45, 2.75) is 45.6 Å². The minimum Gasteiger partial charge on any atom is -0.480 e. The first kappa shape index (κ1) is 18.7. The lowest BCUT2D eigenvalue weighted by Crippen LogP contribution is -2.44. The molecule has 0 spiro atoms. The van der Waals surface area contributed by atoms with E-state index in [1.807, 2.05) is 44.2 Å². The molecule has 1 aromatic carbocycles. The highest BCUT2D eigenvalue weighted by molar-refractivity contribution is 5.83. The topological polar surface area (TPSA) is 92.4 Å². The molecule has 134 valence electrons. The largest absolute Gasteiger partial charge is 0.480 e. The molecule has 0 bridgehead atoms. The van der Waals surface area contributed by atoms with Gasteiger partial charge in [-0.05, 0) is 12.3 Å². The predicted molar refractivity (Wildman–Crippen MR) is 93.9 cm³/mol. The third kappa shape index (κ3) is 5.45. The highest BCUT2D eigenvalue weighted by Crippen LogP contribution is 2.20. The Labute approximate surface area is 147 Å². The summed E-state index contributed by atoms with van der Waals surface area (Å²) < 4.78 is 5.69. The van der Waals surface area contributed by atoms with Gasteiger partial charge in [-0.3, -0.25) is 4.79 Å². The normalized spacial score (nSPS) is 13.2. The molecule has 0 aliphatic rings. The van der Waals surface area contributed by atoms with E-state index in [-0.39, 0.29) is 18.2 Å². The van der Waals surface area contributed by atoms with Crippen LogP contribution in [-0.2, 0) is 16.0 Å². The van der Waals surface area contributed by atoms with Crippen molar-refractivity contribution < 1.29 is 19.1 Å². The van der Waals surface area contributed by atoms with Crippen LogP contribution in [0.1, 0.15) is 39.0 Å². The van der Waals surface area contributed by atoms with Gasteiger partial charge in [-0.2, -0.15) is 0 Å². The van der Waals surface area contributed by atoms with E-state index in [2.05, 4.69) is 10.3 Å². The lowest BCUT2D eigenvalue weighted by Gasteiger charge is -2.20. The van der Waals surface area contributed by atoms with Gasteiger partial charge in [0.2, 0.25) is 5.91 Å². The van der Waals surface area contributed by atoms with Gasteiger partial charge < -0.3 is 14.8 Å². The van der Waals surface area contributed by atoms with E-state index >= 15 is 0 Å². The minimum absolute atomic E-state index is 0.110. The number of nitrogens with one attached hydrogen (secondary N) is 1. The Morgan fingerprint density at radius 1 is 1.28 bits per heavy atom. The van der Waals surface area contributed by atoms with Crippen molar-refractivity contribution in [3.05, 3.63) is 42.4 Å².